The third-order valence-electron chi connectivity index (χ3n) is 6.02. The van der Waals surface area contributed by atoms with Gasteiger partial charge in [-0.1, -0.05) is 75.2 Å². The molecule has 0 atom stereocenters. The van der Waals surface area contributed by atoms with Crippen LogP contribution in [0, 0.1) is 0 Å². The summed E-state index contributed by atoms with van der Waals surface area (Å²) in [4.78, 5) is 12.8. The van der Waals surface area contributed by atoms with Gasteiger partial charge in [0.05, 0.1) is 13.7 Å². The highest BCUT2D eigenvalue weighted by Gasteiger charge is 2.20. The van der Waals surface area contributed by atoms with Crippen LogP contribution < -0.4 is 19.8 Å². The van der Waals surface area contributed by atoms with Gasteiger partial charge in [-0.2, -0.15) is 0 Å². The molecule has 0 fully saturated rings. The smallest absolute Gasteiger partial charge is 0.383 e. The van der Waals surface area contributed by atoms with Crippen LogP contribution in [0.4, 0.5) is 0 Å². The zero-order valence-electron chi connectivity index (χ0n) is 22.4. The first-order chi connectivity index (χ1) is 17.0. The van der Waals surface area contributed by atoms with Crippen molar-refractivity contribution in [3.63, 3.8) is 0 Å². The Hall–Kier alpha value is -2.69. The van der Waals surface area contributed by atoms with Crippen LogP contribution in [-0.4, -0.2) is 20.3 Å². The number of unbranched alkanes of at least 4 members (excludes halogenated alkanes) is 7. The average molecular weight is 485 g/mol. The summed E-state index contributed by atoms with van der Waals surface area (Å²) in [6.45, 7) is 9.31. The summed E-state index contributed by atoms with van der Waals surface area (Å²) in [7, 11) is 1.60. The Morgan fingerprint density at radius 3 is 2.31 bits per heavy atom. The molecule has 0 bridgehead atoms. The van der Waals surface area contributed by atoms with Crippen molar-refractivity contribution in [1.82, 2.24) is 0 Å². The van der Waals surface area contributed by atoms with Gasteiger partial charge in [0, 0.05) is 0 Å². The van der Waals surface area contributed by atoms with Crippen LogP contribution in [0.5, 0.6) is 17.2 Å². The molecule has 0 aliphatic carbocycles. The summed E-state index contributed by atoms with van der Waals surface area (Å²) >= 11 is 0. The molecule has 35 heavy (non-hydrogen) atoms. The minimum atomic E-state index is -0.535. The Labute approximate surface area is 211 Å². The Balaban J connectivity index is 2.10. The van der Waals surface area contributed by atoms with Crippen molar-refractivity contribution in [3.8, 4) is 17.2 Å². The van der Waals surface area contributed by atoms with E-state index in [1.54, 1.807) is 19.2 Å². The fourth-order valence-electron chi connectivity index (χ4n) is 3.97. The lowest BCUT2D eigenvalue weighted by atomic mass is 10.1. The lowest BCUT2D eigenvalue weighted by Gasteiger charge is -2.15. The van der Waals surface area contributed by atoms with Crippen LogP contribution in [0.2, 0.25) is 0 Å². The number of hydrogen-bond donors (Lipinski definition) is 0. The number of allylic oxidation sites excluding steroid dienone is 3. The highest BCUT2D eigenvalue weighted by atomic mass is 16.5. The monoisotopic (exact) mass is 484 g/mol. The molecule has 2 aromatic rings. The van der Waals surface area contributed by atoms with Gasteiger partial charge >= 0.3 is 5.63 Å². The third-order valence-corrected chi connectivity index (χ3v) is 6.02. The first-order valence-corrected chi connectivity index (χ1v) is 13.2. The van der Waals surface area contributed by atoms with E-state index in [1.807, 2.05) is 12.1 Å². The molecule has 194 valence electrons. The normalized spacial score (nSPS) is 11.5. The molecule has 0 radical (unpaired) electrons. The van der Waals surface area contributed by atoms with Crippen LogP contribution in [0.25, 0.3) is 11.0 Å². The second-order valence-corrected chi connectivity index (χ2v) is 9.39. The Morgan fingerprint density at radius 1 is 0.914 bits per heavy atom. The zero-order valence-corrected chi connectivity index (χ0v) is 22.4. The van der Waals surface area contributed by atoms with Crippen LogP contribution in [0.15, 0.2) is 50.7 Å². The minimum Gasteiger partial charge on any atom is -0.496 e. The molecule has 0 amide bonds. The topological polar surface area (TPSA) is 57.9 Å². The Morgan fingerprint density at radius 2 is 1.63 bits per heavy atom. The van der Waals surface area contributed by atoms with Gasteiger partial charge in [-0.3, -0.25) is 0 Å². The van der Waals surface area contributed by atoms with Crippen molar-refractivity contribution in [3.05, 3.63) is 51.9 Å². The Bertz CT molecular complexity index is 1010. The highest BCUT2D eigenvalue weighted by molar-refractivity contribution is 5.91. The van der Waals surface area contributed by atoms with Gasteiger partial charge in [0.1, 0.15) is 23.3 Å². The van der Waals surface area contributed by atoms with Gasteiger partial charge < -0.3 is 18.6 Å². The lowest BCUT2D eigenvalue weighted by molar-refractivity contribution is 0.268. The maximum absolute atomic E-state index is 12.8. The summed E-state index contributed by atoms with van der Waals surface area (Å²) in [6, 6.07) is 5.38. The molecule has 0 aliphatic rings. The van der Waals surface area contributed by atoms with Gasteiger partial charge in [-0.15, -0.1) is 0 Å². The fraction of sp³-hybridized carbons (Fsp3) is 0.567. The summed E-state index contributed by atoms with van der Waals surface area (Å²) in [5, 5.41) is 0.633. The van der Waals surface area contributed by atoms with Crippen molar-refractivity contribution < 1.29 is 18.6 Å². The predicted molar refractivity (Wildman–Crippen MR) is 145 cm³/mol. The molecular formula is C30H44O5. The van der Waals surface area contributed by atoms with E-state index in [4.69, 9.17) is 18.6 Å². The molecular weight excluding hydrogens is 440 g/mol. The van der Waals surface area contributed by atoms with E-state index in [9.17, 15) is 4.79 Å². The van der Waals surface area contributed by atoms with Crippen molar-refractivity contribution >= 4 is 11.0 Å². The van der Waals surface area contributed by atoms with Gasteiger partial charge in [0.25, 0.3) is 0 Å². The third kappa shape index (κ3) is 9.83. The van der Waals surface area contributed by atoms with Gasteiger partial charge in [0.15, 0.2) is 5.75 Å². The molecule has 2 rings (SSSR count). The number of methoxy groups -OCH3 is 1. The number of ether oxygens (including phenoxy) is 3. The Kier molecular flexibility index (Phi) is 13.1. The van der Waals surface area contributed by atoms with E-state index < -0.39 is 5.63 Å². The number of fused-ring (bicyclic) bond motifs is 1. The molecule has 0 N–H and O–H groups in total. The summed E-state index contributed by atoms with van der Waals surface area (Å²) in [6.07, 6.45) is 15.9. The largest absolute Gasteiger partial charge is 0.496 e. The quantitative estimate of drug-likeness (QED) is 0.128. The fourth-order valence-corrected chi connectivity index (χ4v) is 3.97. The lowest BCUT2D eigenvalue weighted by Crippen LogP contribution is -2.11. The van der Waals surface area contributed by atoms with Crippen LogP contribution in [0.1, 0.15) is 91.9 Å². The minimum absolute atomic E-state index is 0.106. The molecule has 0 spiro atoms. The molecule has 0 saturated carbocycles. The molecule has 5 heteroatoms. The van der Waals surface area contributed by atoms with Crippen molar-refractivity contribution in [2.45, 2.75) is 91.9 Å². The molecule has 5 nitrogen and oxygen atoms in total. The predicted octanol–water partition coefficient (Wildman–Crippen LogP) is 8.39. The molecule has 1 heterocycles. The van der Waals surface area contributed by atoms with E-state index in [1.165, 1.54) is 49.7 Å². The standard InChI is InChI=1S/C30H44O5/c1-6-7-8-9-10-11-12-13-21-33-28-27-25(32-5)18-15-19-26(27)35-30(31)29(28)34-22-20-24(4)17-14-16-23(2)3/h15-16,18-20H,6-14,17,21-22H2,1-5H3/b24-20+. The maximum atomic E-state index is 12.8. The van der Waals surface area contributed by atoms with E-state index in [0.29, 0.717) is 29.1 Å². The number of rotatable bonds is 17. The molecule has 0 aliphatic heterocycles. The second-order valence-electron chi connectivity index (χ2n) is 9.39. The van der Waals surface area contributed by atoms with Crippen LogP contribution in [-0.2, 0) is 0 Å². The first-order valence-electron chi connectivity index (χ1n) is 13.2. The van der Waals surface area contributed by atoms with Gasteiger partial charge in [0.2, 0.25) is 5.75 Å². The summed E-state index contributed by atoms with van der Waals surface area (Å²) in [5.41, 5.74) is 2.43. The maximum Gasteiger partial charge on any atom is 0.383 e. The number of hydrogen-bond acceptors (Lipinski definition) is 5. The second kappa shape index (κ2) is 16.1. The average Bonchev–Trinajstić information content (AvgIpc) is 2.83. The zero-order chi connectivity index (χ0) is 25.5. The van der Waals surface area contributed by atoms with Crippen LogP contribution >= 0.6 is 0 Å². The van der Waals surface area contributed by atoms with Crippen molar-refractivity contribution in [1.29, 1.82) is 0 Å². The first kappa shape index (κ1) is 28.5. The number of benzene rings is 1. The molecule has 1 aromatic carbocycles. The van der Waals surface area contributed by atoms with Crippen molar-refractivity contribution in [2.75, 3.05) is 20.3 Å². The molecule has 1 aromatic heterocycles. The van der Waals surface area contributed by atoms with Crippen molar-refractivity contribution in [2.24, 2.45) is 0 Å². The SMILES string of the molecule is CCCCCCCCCCOc1c(OC/C=C(\C)CCC=C(C)C)c(=O)oc2cccc(OC)c12. The van der Waals surface area contributed by atoms with E-state index >= 15 is 0 Å². The van der Waals surface area contributed by atoms with E-state index in [2.05, 4.69) is 33.8 Å². The summed E-state index contributed by atoms with van der Waals surface area (Å²) in [5.74, 6) is 1.11. The highest BCUT2D eigenvalue weighted by Crippen LogP contribution is 2.39. The molecule has 0 unspecified atom stereocenters. The van der Waals surface area contributed by atoms with E-state index in [-0.39, 0.29) is 12.4 Å². The van der Waals surface area contributed by atoms with Gasteiger partial charge in [-0.25, -0.2) is 4.79 Å². The van der Waals surface area contributed by atoms with Crippen LogP contribution in [0.3, 0.4) is 0 Å². The van der Waals surface area contributed by atoms with Gasteiger partial charge in [-0.05, 0) is 58.2 Å². The van der Waals surface area contributed by atoms with E-state index in [0.717, 1.165) is 25.7 Å². The summed E-state index contributed by atoms with van der Waals surface area (Å²) < 4.78 is 23.2. The molecule has 0 saturated heterocycles.